The Bertz CT molecular complexity index is 1310. The van der Waals surface area contributed by atoms with Crippen molar-refractivity contribution in [2.75, 3.05) is 13.2 Å². The topological polar surface area (TPSA) is 95.9 Å². The van der Waals surface area contributed by atoms with Crippen molar-refractivity contribution in [3.8, 4) is 0 Å². The summed E-state index contributed by atoms with van der Waals surface area (Å²) in [5, 5.41) is 23.5. The molecule has 6 nitrogen and oxygen atoms in total. The van der Waals surface area contributed by atoms with Crippen molar-refractivity contribution < 1.29 is 24.5 Å². The molecule has 0 aromatic rings. The van der Waals surface area contributed by atoms with Crippen molar-refractivity contribution in [1.82, 2.24) is 5.32 Å². The van der Waals surface area contributed by atoms with Crippen LogP contribution in [-0.4, -0.2) is 47.4 Å². The summed E-state index contributed by atoms with van der Waals surface area (Å²) in [5.41, 5.74) is 0. The van der Waals surface area contributed by atoms with E-state index in [0.29, 0.717) is 25.9 Å². The van der Waals surface area contributed by atoms with Crippen LogP contribution in [0.25, 0.3) is 0 Å². The molecule has 0 radical (unpaired) electrons. The number of nitrogens with one attached hydrogen (secondary N) is 1. The van der Waals surface area contributed by atoms with Crippen LogP contribution in [0, 0.1) is 0 Å². The van der Waals surface area contributed by atoms with E-state index in [0.717, 1.165) is 38.5 Å². The van der Waals surface area contributed by atoms with Gasteiger partial charge in [0.2, 0.25) is 5.91 Å². The lowest BCUT2D eigenvalue weighted by molar-refractivity contribution is -0.143. The van der Waals surface area contributed by atoms with Crippen LogP contribution in [0.5, 0.6) is 0 Å². The average Bonchev–Trinajstić information content (AvgIpc) is 3.67. The van der Waals surface area contributed by atoms with Gasteiger partial charge in [0.1, 0.15) is 0 Å². The van der Waals surface area contributed by atoms with E-state index in [4.69, 9.17) is 4.74 Å². The maximum atomic E-state index is 12.6. The van der Waals surface area contributed by atoms with E-state index in [1.165, 1.54) is 424 Å². The zero-order valence-electron chi connectivity index (χ0n) is 61.2. The lowest BCUT2D eigenvalue weighted by Crippen LogP contribution is -2.45. The van der Waals surface area contributed by atoms with Crippen LogP contribution in [0.3, 0.4) is 0 Å². The normalized spacial score (nSPS) is 12.4. The van der Waals surface area contributed by atoms with Gasteiger partial charge in [-0.05, 0) is 25.7 Å². The van der Waals surface area contributed by atoms with E-state index in [9.17, 15) is 19.8 Å². The van der Waals surface area contributed by atoms with Crippen molar-refractivity contribution in [3.05, 3.63) is 0 Å². The van der Waals surface area contributed by atoms with Gasteiger partial charge in [-0.25, -0.2) is 0 Å². The monoisotopic (exact) mass is 1260 g/mol. The molecule has 2 unspecified atom stereocenters. The zero-order chi connectivity index (χ0) is 64.2. The SMILES string of the molecule is CCCCCCCCCCCCCCCCCCCCCCCCC(O)C(CO)NC(=O)CCCCCCCCCCCCCCCCCCCCCCCCCCCCCCCCCCCCCCCCCOC(=O)CCCCCCCCCCCCC. The van der Waals surface area contributed by atoms with Crippen LogP contribution < -0.4 is 5.32 Å². The second-order valence-electron chi connectivity index (χ2n) is 29.2. The van der Waals surface area contributed by atoms with Gasteiger partial charge in [0.05, 0.1) is 25.4 Å². The van der Waals surface area contributed by atoms with Gasteiger partial charge in [-0.2, -0.15) is 0 Å². The molecule has 0 saturated carbocycles. The first-order valence-electron chi connectivity index (χ1n) is 41.8. The molecule has 0 aliphatic heterocycles. The van der Waals surface area contributed by atoms with Gasteiger partial charge in [-0.15, -0.1) is 0 Å². The third-order valence-electron chi connectivity index (χ3n) is 20.2. The highest BCUT2D eigenvalue weighted by Crippen LogP contribution is 2.21. The van der Waals surface area contributed by atoms with Crippen molar-refractivity contribution in [1.29, 1.82) is 0 Å². The number of aliphatic hydroxyl groups is 2. The van der Waals surface area contributed by atoms with E-state index in [1.807, 2.05) is 0 Å². The lowest BCUT2D eigenvalue weighted by Gasteiger charge is -2.22. The van der Waals surface area contributed by atoms with Gasteiger partial charge in [0.25, 0.3) is 0 Å². The minimum absolute atomic E-state index is 0.0223. The number of ether oxygens (including phenoxy) is 1. The molecule has 0 bridgehead atoms. The summed E-state index contributed by atoms with van der Waals surface area (Å²) < 4.78 is 5.49. The van der Waals surface area contributed by atoms with Crippen molar-refractivity contribution in [2.24, 2.45) is 0 Å². The average molecular weight is 1260 g/mol. The molecule has 0 aromatic carbocycles. The second kappa shape index (κ2) is 79.3. The number of amides is 1. The molecule has 0 aliphatic carbocycles. The first-order chi connectivity index (χ1) is 44.0. The third kappa shape index (κ3) is 75.8. The summed E-state index contributed by atoms with van der Waals surface area (Å²) in [6.45, 7) is 5.01. The number of carbonyl (C=O) groups excluding carboxylic acids is 2. The summed E-state index contributed by atoms with van der Waals surface area (Å²) in [7, 11) is 0. The zero-order valence-corrected chi connectivity index (χ0v) is 61.2. The second-order valence-corrected chi connectivity index (χ2v) is 29.2. The highest BCUT2D eigenvalue weighted by Gasteiger charge is 2.20. The van der Waals surface area contributed by atoms with Crippen molar-refractivity contribution >= 4 is 11.9 Å². The molecule has 89 heavy (non-hydrogen) atoms. The highest BCUT2D eigenvalue weighted by atomic mass is 16.5. The Balaban J connectivity index is 3.29. The van der Waals surface area contributed by atoms with Gasteiger partial charge in [0.15, 0.2) is 0 Å². The number of aliphatic hydroxyl groups excluding tert-OH is 2. The number of rotatable bonds is 80. The number of hydrogen-bond acceptors (Lipinski definition) is 5. The van der Waals surface area contributed by atoms with Crippen LogP contribution >= 0.6 is 0 Å². The van der Waals surface area contributed by atoms with Crippen molar-refractivity contribution in [3.63, 3.8) is 0 Å². The first-order valence-corrected chi connectivity index (χ1v) is 41.8. The maximum absolute atomic E-state index is 12.6. The number of unbranched alkanes of at least 4 members (excludes halogenated alkanes) is 69. The quantitative estimate of drug-likeness (QED) is 0.0417. The molecule has 0 saturated heterocycles. The minimum Gasteiger partial charge on any atom is -0.466 e. The molecular formula is C83H165NO5. The maximum Gasteiger partial charge on any atom is 0.305 e. The van der Waals surface area contributed by atoms with Gasteiger partial charge >= 0.3 is 5.97 Å². The Morgan fingerprint density at radius 3 is 0.685 bits per heavy atom. The largest absolute Gasteiger partial charge is 0.466 e. The molecule has 0 aliphatic rings. The fraction of sp³-hybridized carbons (Fsp3) is 0.976. The van der Waals surface area contributed by atoms with Crippen LogP contribution in [0.2, 0.25) is 0 Å². The Kier molecular flexibility index (Phi) is 78.3. The fourth-order valence-corrected chi connectivity index (χ4v) is 13.8. The van der Waals surface area contributed by atoms with Crippen LogP contribution in [0.15, 0.2) is 0 Å². The molecule has 0 heterocycles. The Labute approximate surface area is 559 Å². The molecule has 0 spiro atoms. The van der Waals surface area contributed by atoms with Crippen LogP contribution in [0.4, 0.5) is 0 Å². The lowest BCUT2D eigenvalue weighted by atomic mass is 10.0. The number of hydrogen-bond donors (Lipinski definition) is 3. The van der Waals surface area contributed by atoms with E-state index in [-0.39, 0.29) is 18.5 Å². The van der Waals surface area contributed by atoms with Crippen LogP contribution in [-0.2, 0) is 14.3 Å². The Morgan fingerprint density at radius 2 is 0.461 bits per heavy atom. The predicted molar refractivity (Wildman–Crippen MR) is 394 cm³/mol. The number of carbonyl (C=O) groups is 2. The molecule has 6 heteroatoms. The summed E-state index contributed by atoms with van der Waals surface area (Å²) in [4.78, 5) is 24.6. The number of esters is 1. The van der Waals surface area contributed by atoms with E-state index in [1.54, 1.807) is 0 Å². The smallest absolute Gasteiger partial charge is 0.305 e. The summed E-state index contributed by atoms with van der Waals surface area (Å²) in [5.74, 6) is 0.00275. The van der Waals surface area contributed by atoms with Gasteiger partial charge in [-0.1, -0.05) is 457 Å². The van der Waals surface area contributed by atoms with Crippen LogP contribution in [0.1, 0.15) is 495 Å². The summed E-state index contributed by atoms with van der Waals surface area (Å²) in [6.07, 6.45) is 99.5. The van der Waals surface area contributed by atoms with E-state index in [2.05, 4.69) is 19.2 Å². The minimum atomic E-state index is -0.660. The first kappa shape index (κ1) is 87.9. The fourth-order valence-electron chi connectivity index (χ4n) is 13.8. The van der Waals surface area contributed by atoms with Gasteiger partial charge < -0.3 is 20.3 Å². The molecule has 2 atom stereocenters. The molecular weight excluding hydrogens is 1090 g/mol. The van der Waals surface area contributed by atoms with E-state index < -0.39 is 12.1 Å². The molecule has 0 fully saturated rings. The summed E-state index contributed by atoms with van der Waals surface area (Å²) in [6, 6.07) is -0.537. The highest BCUT2D eigenvalue weighted by molar-refractivity contribution is 5.76. The van der Waals surface area contributed by atoms with Gasteiger partial charge in [-0.3, -0.25) is 9.59 Å². The van der Waals surface area contributed by atoms with E-state index >= 15 is 0 Å². The molecule has 0 rings (SSSR count). The molecule has 1 amide bonds. The standard InChI is InChI=1S/C83H165NO5/c1-3-5-7-9-11-13-15-16-17-18-19-20-40-43-46-49-52-56-59-63-67-71-75-81(86)80(79-85)84-82(87)76-72-68-64-60-57-53-50-47-44-41-38-36-34-32-30-28-26-24-22-21-23-25-27-29-31-33-35-37-39-42-45-48-51-54-58-62-66-70-74-78-89-83(88)77-73-69-65-61-55-14-12-10-8-6-4-2/h80-81,85-86H,3-79H2,1-2H3,(H,84,87). The predicted octanol–water partition coefficient (Wildman–Crippen LogP) is 27.7. The Morgan fingerprint density at radius 1 is 0.270 bits per heavy atom. The molecule has 0 aromatic heterocycles. The third-order valence-corrected chi connectivity index (χ3v) is 20.2. The summed E-state index contributed by atoms with van der Waals surface area (Å²) >= 11 is 0. The molecule has 3 N–H and O–H groups in total. The van der Waals surface area contributed by atoms with Gasteiger partial charge in [0, 0.05) is 12.8 Å². The Hall–Kier alpha value is -1.14. The molecule has 532 valence electrons. The van der Waals surface area contributed by atoms with Crippen molar-refractivity contribution in [2.45, 2.75) is 508 Å².